The van der Waals surface area contributed by atoms with E-state index in [1.54, 1.807) is 6.92 Å². The number of hydrogen-bond acceptors (Lipinski definition) is 5. The summed E-state index contributed by atoms with van der Waals surface area (Å²) < 4.78 is 5.81. The van der Waals surface area contributed by atoms with Crippen LogP contribution < -0.4 is 0 Å². The maximum Gasteiger partial charge on any atom is 0.308 e. The van der Waals surface area contributed by atoms with Gasteiger partial charge in [0.2, 0.25) is 0 Å². The number of ether oxygens (including phenoxy) is 1. The molecule has 0 heterocycles. The summed E-state index contributed by atoms with van der Waals surface area (Å²) in [5.41, 5.74) is 0. The van der Waals surface area contributed by atoms with Crippen LogP contribution in [0.2, 0.25) is 0 Å². The Morgan fingerprint density at radius 2 is 0.852 bits per heavy atom. The molecule has 324 valence electrons. The Kier molecular flexibility index (Phi) is 45.7. The molecular formula is C49H99NO4. The van der Waals surface area contributed by atoms with E-state index in [1.165, 1.54) is 154 Å². The molecule has 0 aromatic heterocycles. The largest absolute Gasteiger partial charge is 0.465 e. The molecule has 0 saturated heterocycles. The minimum atomic E-state index is 0.0724. The van der Waals surface area contributed by atoms with Gasteiger partial charge >= 0.3 is 5.97 Å². The molecule has 0 aliphatic carbocycles. The maximum absolute atomic E-state index is 12.9. The summed E-state index contributed by atoms with van der Waals surface area (Å²) >= 11 is 0. The van der Waals surface area contributed by atoms with Crippen molar-refractivity contribution >= 4 is 11.8 Å². The van der Waals surface area contributed by atoms with Crippen LogP contribution in [0.5, 0.6) is 0 Å². The fraction of sp³-hybridized carbons (Fsp3) is 0.959. The van der Waals surface area contributed by atoms with Gasteiger partial charge in [-0.2, -0.15) is 0 Å². The molecule has 0 saturated carbocycles. The third-order valence-electron chi connectivity index (χ3n) is 11.5. The minimum Gasteiger partial charge on any atom is -0.465 e. The van der Waals surface area contributed by atoms with E-state index in [2.05, 4.69) is 46.6 Å². The van der Waals surface area contributed by atoms with Gasteiger partial charge in [-0.3, -0.25) is 9.59 Å². The zero-order valence-corrected chi connectivity index (χ0v) is 38.0. The minimum absolute atomic E-state index is 0.0724. The van der Waals surface area contributed by atoms with Gasteiger partial charge in [0.1, 0.15) is 5.78 Å². The monoisotopic (exact) mass is 766 g/mol. The first-order valence-corrected chi connectivity index (χ1v) is 24.3. The lowest BCUT2D eigenvalue weighted by atomic mass is 9.91. The van der Waals surface area contributed by atoms with E-state index in [0.717, 1.165) is 76.8 Å². The van der Waals surface area contributed by atoms with Crippen LogP contribution in [0.3, 0.4) is 0 Å². The number of unbranched alkanes of at least 4 members (excludes halogenated alkanes) is 20. The quantitative estimate of drug-likeness (QED) is 0.0496. The van der Waals surface area contributed by atoms with Crippen molar-refractivity contribution in [3.05, 3.63) is 0 Å². The van der Waals surface area contributed by atoms with Crippen LogP contribution in [-0.4, -0.2) is 55.1 Å². The smallest absolute Gasteiger partial charge is 0.308 e. The summed E-state index contributed by atoms with van der Waals surface area (Å²) in [6.45, 7) is 16.1. The van der Waals surface area contributed by atoms with E-state index in [-0.39, 0.29) is 11.9 Å². The van der Waals surface area contributed by atoms with Crippen molar-refractivity contribution in [1.29, 1.82) is 0 Å². The molecule has 0 spiro atoms. The number of carbonyl (C=O) groups is 2. The first-order chi connectivity index (χ1) is 26.3. The van der Waals surface area contributed by atoms with Gasteiger partial charge in [-0.15, -0.1) is 0 Å². The molecule has 1 N–H and O–H groups in total. The van der Waals surface area contributed by atoms with Crippen LogP contribution in [-0.2, 0) is 14.3 Å². The number of nitrogens with zero attached hydrogens (tertiary/aromatic N) is 1. The van der Waals surface area contributed by atoms with Crippen LogP contribution in [0, 0.1) is 17.8 Å². The van der Waals surface area contributed by atoms with Crippen LogP contribution in [0.4, 0.5) is 0 Å². The molecule has 5 heteroatoms. The zero-order chi connectivity index (χ0) is 40.3. The second-order valence-electron chi connectivity index (χ2n) is 17.0. The molecule has 3 unspecified atom stereocenters. The highest BCUT2D eigenvalue weighted by molar-refractivity contribution is 5.78. The highest BCUT2D eigenvalue weighted by Crippen LogP contribution is 2.23. The molecule has 54 heavy (non-hydrogen) atoms. The van der Waals surface area contributed by atoms with E-state index < -0.39 is 0 Å². The second-order valence-corrected chi connectivity index (χ2v) is 17.0. The Labute approximate surface area is 339 Å². The van der Waals surface area contributed by atoms with Crippen molar-refractivity contribution in [2.75, 3.05) is 33.4 Å². The van der Waals surface area contributed by atoms with Gasteiger partial charge in [-0.25, -0.2) is 0 Å². The fourth-order valence-electron chi connectivity index (χ4n) is 7.77. The Morgan fingerprint density at radius 1 is 0.481 bits per heavy atom. The highest BCUT2D eigenvalue weighted by Gasteiger charge is 2.20. The standard InChI is InChI=1S/C32H65NO3.C17H34O/c1-5-8-11-13-14-17-25-31(24-16-12-9-6-2)32(35)36-28-21-18-23-30(22-15-10-7-3)29-33(4)26-19-20-27-34;1-4-6-8-10-11-13-15-17(16(3)18)14-12-9-7-5-2/h30-31,34H,5-29H2,1-4H3;17H,4-15H2,1-3H3. The second kappa shape index (κ2) is 44.8. The molecule has 0 amide bonds. The molecule has 0 rings (SSSR count). The third-order valence-corrected chi connectivity index (χ3v) is 11.5. The Balaban J connectivity index is 0. The predicted octanol–water partition coefficient (Wildman–Crippen LogP) is 14.9. The average Bonchev–Trinajstić information content (AvgIpc) is 3.16. The zero-order valence-electron chi connectivity index (χ0n) is 38.0. The number of esters is 1. The van der Waals surface area contributed by atoms with Gasteiger partial charge in [-0.05, 0) is 90.6 Å². The van der Waals surface area contributed by atoms with Crippen LogP contribution >= 0.6 is 0 Å². The van der Waals surface area contributed by atoms with E-state index in [4.69, 9.17) is 9.84 Å². The molecule has 0 aromatic rings. The Hall–Kier alpha value is -0.940. The number of aliphatic hydroxyl groups is 1. The first kappa shape index (κ1) is 55.2. The Morgan fingerprint density at radius 3 is 1.30 bits per heavy atom. The van der Waals surface area contributed by atoms with E-state index in [1.807, 2.05) is 0 Å². The summed E-state index contributed by atoms with van der Waals surface area (Å²) in [5, 5.41) is 9.04. The molecule has 0 aliphatic heterocycles. The van der Waals surface area contributed by atoms with Gasteiger partial charge < -0.3 is 14.7 Å². The maximum atomic E-state index is 12.9. The van der Waals surface area contributed by atoms with Crippen molar-refractivity contribution in [3.63, 3.8) is 0 Å². The predicted molar refractivity (Wildman–Crippen MR) is 237 cm³/mol. The topological polar surface area (TPSA) is 66.8 Å². The number of Topliss-reactive ketones (excluding diaryl/α,β-unsaturated/α-hetero) is 1. The summed E-state index contributed by atoms with van der Waals surface area (Å²) in [5.74, 6) is 1.68. The number of ketones is 1. The van der Waals surface area contributed by atoms with Crippen molar-refractivity contribution in [2.24, 2.45) is 17.8 Å². The van der Waals surface area contributed by atoms with Crippen molar-refractivity contribution < 1.29 is 19.4 Å². The molecule has 3 atom stereocenters. The normalized spacial score (nSPS) is 13.1. The highest BCUT2D eigenvalue weighted by atomic mass is 16.5. The van der Waals surface area contributed by atoms with E-state index in [9.17, 15) is 9.59 Å². The van der Waals surface area contributed by atoms with E-state index in [0.29, 0.717) is 24.9 Å². The van der Waals surface area contributed by atoms with Crippen molar-refractivity contribution in [3.8, 4) is 0 Å². The molecule has 0 fully saturated rings. The summed E-state index contributed by atoms with van der Waals surface area (Å²) in [7, 11) is 2.22. The third kappa shape index (κ3) is 39.3. The van der Waals surface area contributed by atoms with Crippen molar-refractivity contribution in [1.82, 2.24) is 4.90 Å². The van der Waals surface area contributed by atoms with Gasteiger partial charge in [0.15, 0.2) is 0 Å². The number of rotatable bonds is 41. The number of hydrogen-bond donors (Lipinski definition) is 1. The van der Waals surface area contributed by atoms with Gasteiger partial charge in [0, 0.05) is 19.1 Å². The summed E-state index contributed by atoms with van der Waals surface area (Å²) in [4.78, 5) is 26.9. The molecule has 5 nitrogen and oxygen atoms in total. The Bertz CT molecular complexity index is 758. The fourth-order valence-corrected chi connectivity index (χ4v) is 7.77. The van der Waals surface area contributed by atoms with Gasteiger partial charge in [0.25, 0.3) is 0 Å². The lowest BCUT2D eigenvalue weighted by Crippen LogP contribution is -2.27. The lowest BCUT2D eigenvalue weighted by Gasteiger charge is -2.24. The summed E-state index contributed by atoms with van der Waals surface area (Å²) in [6, 6.07) is 0. The van der Waals surface area contributed by atoms with Crippen LogP contribution in [0.15, 0.2) is 0 Å². The molecule has 0 radical (unpaired) electrons. The lowest BCUT2D eigenvalue weighted by molar-refractivity contribution is -0.149. The molecule has 0 bridgehead atoms. The number of carbonyl (C=O) groups excluding carboxylic acids is 2. The van der Waals surface area contributed by atoms with Gasteiger partial charge in [0.05, 0.1) is 12.5 Å². The average molecular weight is 766 g/mol. The molecule has 0 aromatic carbocycles. The molecule has 0 aliphatic rings. The van der Waals surface area contributed by atoms with Crippen molar-refractivity contribution in [2.45, 2.75) is 253 Å². The molecular weight excluding hydrogens is 667 g/mol. The first-order valence-electron chi connectivity index (χ1n) is 24.3. The van der Waals surface area contributed by atoms with Gasteiger partial charge in [-0.1, -0.05) is 182 Å². The van der Waals surface area contributed by atoms with Crippen LogP contribution in [0.25, 0.3) is 0 Å². The number of aliphatic hydroxyl groups excluding tert-OH is 1. The summed E-state index contributed by atoms with van der Waals surface area (Å²) in [6.07, 6.45) is 40.6. The van der Waals surface area contributed by atoms with Crippen LogP contribution in [0.1, 0.15) is 253 Å². The van der Waals surface area contributed by atoms with E-state index >= 15 is 0 Å². The SMILES string of the molecule is CCCCCCCCC(CCCCCC)C(=O)OCCCCC(CCCCC)CN(C)CCCCO.CCCCCCCCC(CCCCCC)C(C)=O.